The first-order valence-electron chi connectivity index (χ1n) is 5.35. The number of carboxylic acid groups (broad SMARTS) is 1. The van der Waals surface area contributed by atoms with Crippen LogP contribution in [0.25, 0.3) is 0 Å². The van der Waals surface area contributed by atoms with E-state index in [-0.39, 0.29) is 11.3 Å². The van der Waals surface area contributed by atoms with E-state index in [0.717, 1.165) is 11.8 Å². The van der Waals surface area contributed by atoms with Crippen LogP contribution in [-0.4, -0.2) is 15.3 Å². The Morgan fingerprint density at radius 3 is 2.56 bits per heavy atom. The molecule has 0 saturated carbocycles. The van der Waals surface area contributed by atoms with Gasteiger partial charge in [0.15, 0.2) is 0 Å². The lowest BCUT2D eigenvalue weighted by atomic mass is 10.2. The van der Waals surface area contributed by atoms with Gasteiger partial charge in [0.25, 0.3) is 0 Å². The van der Waals surface area contributed by atoms with Gasteiger partial charge >= 0.3 is 5.97 Å². The van der Waals surface area contributed by atoms with Crippen molar-refractivity contribution in [2.24, 2.45) is 0 Å². The monoisotopic (exact) mass is 264 g/mol. The lowest BCUT2D eigenvalue weighted by molar-refractivity contribution is 0.0696. The highest BCUT2D eigenvalue weighted by atomic mass is 32.2. The fourth-order valence-electron chi connectivity index (χ4n) is 1.54. The van der Waals surface area contributed by atoms with Gasteiger partial charge in [-0.05, 0) is 11.6 Å². The molecule has 94 valence electrons. The van der Waals surface area contributed by atoms with Crippen molar-refractivity contribution < 1.29 is 18.5 Å². The third kappa shape index (κ3) is 3.30. The Hall–Kier alpha value is -1.88. The highest BCUT2D eigenvalue weighted by Gasteiger charge is 2.11. The van der Waals surface area contributed by atoms with Crippen LogP contribution < -0.4 is 0 Å². The smallest absolute Gasteiger partial charge is 0.338 e. The average molecular weight is 264 g/mol. The van der Waals surface area contributed by atoms with Crippen molar-refractivity contribution in [3.63, 3.8) is 0 Å². The largest absolute Gasteiger partial charge is 0.478 e. The van der Waals surface area contributed by atoms with Crippen molar-refractivity contribution in [1.29, 1.82) is 0 Å². The summed E-state index contributed by atoms with van der Waals surface area (Å²) in [4.78, 5) is 10.7. The summed E-state index contributed by atoms with van der Waals surface area (Å²) in [7, 11) is -1.11. The van der Waals surface area contributed by atoms with Gasteiger partial charge in [-0.3, -0.25) is 4.21 Å². The lowest BCUT2D eigenvalue weighted by Gasteiger charge is -2.00. The minimum atomic E-state index is -1.11. The molecule has 0 amide bonds. The predicted octanol–water partition coefficient (Wildman–Crippen LogP) is 2.43. The number of carboxylic acids is 1. The molecule has 2 rings (SSSR count). The van der Waals surface area contributed by atoms with Crippen LogP contribution in [0.1, 0.15) is 21.7 Å². The Bertz CT molecular complexity index is 559. The Kier molecular flexibility index (Phi) is 3.94. The third-order valence-electron chi connectivity index (χ3n) is 2.37. The Morgan fingerprint density at radius 2 is 1.94 bits per heavy atom. The summed E-state index contributed by atoms with van der Waals surface area (Å²) in [6, 6.07) is 10.9. The minimum Gasteiger partial charge on any atom is -0.478 e. The van der Waals surface area contributed by atoms with Gasteiger partial charge < -0.3 is 9.52 Å². The molecule has 1 N–H and O–H groups in total. The molecule has 0 fully saturated rings. The zero-order valence-electron chi connectivity index (χ0n) is 9.54. The van der Waals surface area contributed by atoms with Gasteiger partial charge in [0.1, 0.15) is 12.0 Å². The third-order valence-corrected chi connectivity index (χ3v) is 3.64. The second-order valence-corrected chi connectivity index (χ2v) is 5.28. The molecule has 1 heterocycles. The number of benzene rings is 1. The molecule has 0 spiro atoms. The van der Waals surface area contributed by atoms with E-state index >= 15 is 0 Å². The summed E-state index contributed by atoms with van der Waals surface area (Å²) in [5.41, 5.74) is 1.07. The summed E-state index contributed by atoms with van der Waals surface area (Å²) >= 11 is 0. The topological polar surface area (TPSA) is 67.5 Å². The minimum absolute atomic E-state index is 0.0849. The van der Waals surface area contributed by atoms with Crippen molar-refractivity contribution in [3.8, 4) is 0 Å². The number of hydrogen-bond acceptors (Lipinski definition) is 3. The van der Waals surface area contributed by atoms with Gasteiger partial charge in [0, 0.05) is 16.6 Å². The highest BCUT2D eigenvalue weighted by Crippen LogP contribution is 2.12. The van der Waals surface area contributed by atoms with Crippen molar-refractivity contribution in [2.75, 3.05) is 0 Å². The zero-order valence-corrected chi connectivity index (χ0v) is 10.4. The SMILES string of the molecule is O=C(O)c1coc(CS(=O)Cc2ccccc2)c1. The van der Waals surface area contributed by atoms with Crippen LogP contribution in [0.3, 0.4) is 0 Å². The van der Waals surface area contributed by atoms with Crippen LogP contribution in [-0.2, 0) is 22.3 Å². The fraction of sp³-hybridized carbons (Fsp3) is 0.154. The van der Waals surface area contributed by atoms with Crippen LogP contribution in [0.15, 0.2) is 47.1 Å². The fourth-order valence-corrected chi connectivity index (χ4v) is 2.67. The van der Waals surface area contributed by atoms with Crippen molar-refractivity contribution in [1.82, 2.24) is 0 Å². The molecular formula is C13H12O4S. The molecule has 0 aliphatic carbocycles. The van der Waals surface area contributed by atoms with Gasteiger partial charge in [-0.1, -0.05) is 30.3 Å². The molecule has 1 aromatic carbocycles. The van der Waals surface area contributed by atoms with Crippen LogP contribution in [0, 0.1) is 0 Å². The van der Waals surface area contributed by atoms with E-state index in [1.54, 1.807) is 0 Å². The van der Waals surface area contributed by atoms with E-state index in [2.05, 4.69) is 0 Å². The molecule has 0 bridgehead atoms. The van der Waals surface area contributed by atoms with Crippen molar-refractivity contribution in [3.05, 3.63) is 59.5 Å². The molecular weight excluding hydrogens is 252 g/mol. The van der Waals surface area contributed by atoms with E-state index in [1.807, 2.05) is 30.3 Å². The quantitative estimate of drug-likeness (QED) is 0.900. The zero-order chi connectivity index (χ0) is 13.0. The molecule has 1 unspecified atom stereocenters. The highest BCUT2D eigenvalue weighted by molar-refractivity contribution is 7.83. The van der Waals surface area contributed by atoms with E-state index < -0.39 is 16.8 Å². The van der Waals surface area contributed by atoms with Gasteiger partial charge in [0.2, 0.25) is 0 Å². The van der Waals surface area contributed by atoms with Gasteiger partial charge in [0.05, 0.1) is 11.3 Å². The van der Waals surface area contributed by atoms with Crippen LogP contribution in [0.2, 0.25) is 0 Å². The molecule has 4 nitrogen and oxygen atoms in total. The maximum absolute atomic E-state index is 11.9. The van der Waals surface area contributed by atoms with Crippen molar-refractivity contribution in [2.45, 2.75) is 11.5 Å². The van der Waals surface area contributed by atoms with Gasteiger partial charge in [-0.25, -0.2) is 4.79 Å². The first-order chi connectivity index (χ1) is 8.65. The lowest BCUT2D eigenvalue weighted by Crippen LogP contribution is -1.98. The molecule has 0 radical (unpaired) electrons. The van der Waals surface area contributed by atoms with E-state index in [0.29, 0.717) is 11.5 Å². The second kappa shape index (κ2) is 5.64. The van der Waals surface area contributed by atoms with Crippen LogP contribution in [0.5, 0.6) is 0 Å². The maximum atomic E-state index is 11.9. The van der Waals surface area contributed by atoms with Gasteiger partial charge in [-0.2, -0.15) is 0 Å². The Balaban J connectivity index is 1.97. The molecule has 0 aliphatic rings. The number of hydrogen-bond donors (Lipinski definition) is 1. The predicted molar refractivity (Wildman–Crippen MR) is 67.7 cm³/mol. The second-order valence-electron chi connectivity index (χ2n) is 3.82. The average Bonchev–Trinajstić information content (AvgIpc) is 2.78. The number of furan rings is 1. The summed E-state index contributed by atoms with van der Waals surface area (Å²) in [5.74, 6) is 0.0482. The Labute approximate surface area is 107 Å². The van der Waals surface area contributed by atoms with Crippen LogP contribution in [0.4, 0.5) is 0 Å². The summed E-state index contributed by atoms with van der Waals surface area (Å²) in [6.07, 6.45) is 1.16. The van der Waals surface area contributed by atoms with E-state index in [9.17, 15) is 9.00 Å². The molecule has 5 heteroatoms. The standard InChI is InChI=1S/C13H12O4S/c14-13(15)11-6-12(17-7-11)9-18(16)8-10-4-2-1-3-5-10/h1-7H,8-9H2,(H,14,15). The normalized spacial score (nSPS) is 12.2. The molecule has 1 aromatic heterocycles. The molecule has 18 heavy (non-hydrogen) atoms. The maximum Gasteiger partial charge on any atom is 0.338 e. The number of rotatable bonds is 5. The first-order valence-corrected chi connectivity index (χ1v) is 6.83. The molecule has 1 atom stereocenters. The number of aromatic carboxylic acids is 1. The first kappa shape index (κ1) is 12.6. The van der Waals surface area contributed by atoms with Crippen LogP contribution >= 0.6 is 0 Å². The Morgan fingerprint density at radius 1 is 1.22 bits per heavy atom. The summed E-state index contributed by atoms with van der Waals surface area (Å²) in [6.45, 7) is 0. The van der Waals surface area contributed by atoms with Gasteiger partial charge in [-0.15, -0.1) is 0 Å². The molecule has 0 aliphatic heterocycles. The number of carbonyl (C=O) groups is 1. The summed E-state index contributed by atoms with van der Waals surface area (Å²) < 4.78 is 16.9. The molecule has 0 saturated heterocycles. The van der Waals surface area contributed by atoms with E-state index in [1.165, 1.54) is 6.07 Å². The van der Waals surface area contributed by atoms with E-state index in [4.69, 9.17) is 9.52 Å². The van der Waals surface area contributed by atoms with Crippen molar-refractivity contribution >= 4 is 16.8 Å². The molecule has 2 aromatic rings. The summed E-state index contributed by atoms with van der Waals surface area (Å²) in [5, 5.41) is 8.73.